The van der Waals surface area contributed by atoms with Gasteiger partial charge in [-0.2, -0.15) is 0 Å². The third-order valence-corrected chi connectivity index (χ3v) is 6.03. The third-order valence-electron chi connectivity index (χ3n) is 6.03. The Labute approximate surface area is 215 Å². The first-order chi connectivity index (χ1) is 18.0. The molecule has 0 saturated heterocycles. The minimum Gasteiger partial charge on any atom is -0.497 e. The number of anilines is 2. The van der Waals surface area contributed by atoms with E-state index in [0.29, 0.717) is 28.2 Å². The second-order valence-electron chi connectivity index (χ2n) is 8.66. The largest absolute Gasteiger partial charge is 0.497 e. The summed E-state index contributed by atoms with van der Waals surface area (Å²) in [4.78, 5) is 30.6. The summed E-state index contributed by atoms with van der Waals surface area (Å²) in [5.41, 5.74) is 5.72. The highest BCUT2D eigenvalue weighted by molar-refractivity contribution is 6.13. The van der Waals surface area contributed by atoms with Crippen LogP contribution >= 0.6 is 0 Å². The molecule has 5 rings (SSSR count). The number of nitrogens with one attached hydrogen (secondary N) is 2. The van der Waals surface area contributed by atoms with E-state index in [1.165, 1.54) is 0 Å². The number of hydrogen-bond donors (Lipinski definition) is 2. The normalized spacial score (nSPS) is 10.6. The number of methoxy groups -OCH3 is 1. The average Bonchev–Trinajstić information content (AvgIpc) is 2.94. The van der Waals surface area contributed by atoms with Crippen molar-refractivity contribution in [3.63, 3.8) is 0 Å². The van der Waals surface area contributed by atoms with E-state index < -0.39 is 0 Å². The SMILES string of the molecule is COc1ccc(-c2cc(C(=O)Nc3ccc(NC(=O)c4ccccc4)cc3)c3cc(C)ccc3n2)cc1. The summed E-state index contributed by atoms with van der Waals surface area (Å²) < 4.78 is 5.26. The van der Waals surface area contributed by atoms with Crippen molar-refractivity contribution in [2.45, 2.75) is 6.92 Å². The van der Waals surface area contributed by atoms with Gasteiger partial charge in [-0.25, -0.2) is 4.98 Å². The van der Waals surface area contributed by atoms with Gasteiger partial charge in [0.1, 0.15) is 5.75 Å². The van der Waals surface area contributed by atoms with Gasteiger partial charge < -0.3 is 15.4 Å². The molecule has 0 aliphatic heterocycles. The van der Waals surface area contributed by atoms with E-state index >= 15 is 0 Å². The van der Waals surface area contributed by atoms with E-state index in [4.69, 9.17) is 9.72 Å². The molecule has 0 spiro atoms. The highest BCUT2D eigenvalue weighted by Crippen LogP contribution is 2.28. The number of aromatic nitrogens is 1. The molecule has 2 amide bonds. The monoisotopic (exact) mass is 487 g/mol. The zero-order chi connectivity index (χ0) is 25.8. The van der Waals surface area contributed by atoms with Gasteiger partial charge in [0.05, 0.1) is 23.9 Å². The molecular weight excluding hydrogens is 462 g/mol. The quantitative estimate of drug-likeness (QED) is 0.278. The molecule has 1 aromatic heterocycles. The second-order valence-corrected chi connectivity index (χ2v) is 8.66. The standard InChI is InChI=1S/C31H25N3O3/c1-20-8-17-28-26(18-20)27(19-29(34-28)21-9-15-25(37-2)16-10-21)31(36)33-24-13-11-23(12-14-24)32-30(35)22-6-4-3-5-7-22/h3-19H,1-2H3,(H,32,35)(H,33,36). The number of amides is 2. The minimum absolute atomic E-state index is 0.193. The lowest BCUT2D eigenvalue weighted by atomic mass is 10.0. The number of rotatable bonds is 6. The highest BCUT2D eigenvalue weighted by atomic mass is 16.5. The molecule has 0 fully saturated rings. The van der Waals surface area contributed by atoms with Crippen LogP contribution in [-0.2, 0) is 0 Å². The summed E-state index contributed by atoms with van der Waals surface area (Å²) in [6.07, 6.45) is 0. The van der Waals surface area contributed by atoms with Crippen LogP contribution in [0.15, 0.2) is 103 Å². The van der Waals surface area contributed by atoms with Gasteiger partial charge in [-0.3, -0.25) is 9.59 Å². The Hall–Kier alpha value is -4.97. The Bertz CT molecular complexity index is 1580. The van der Waals surface area contributed by atoms with Gasteiger partial charge in [-0.1, -0.05) is 29.8 Å². The predicted octanol–water partition coefficient (Wildman–Crippen LogP) is 6.72. The fourth-order valence-electron chi connectivity index (χ4n) is 4.07. The van der Waals surface area contributed by atoms with Crippen LogP contribution in [0.4, 0.5) is 11.4 Å². The Morgan fingerprint density at radius 3 is 2.03 bits per heavy atom. The van der Waals surface area contributed by atoms with E-state index in [-0.39, 0.29) is 11.8 Å². The van der Waals surface area contributed by atoms with Crippen molar-refractivity contribution in [3.05, 3.63) is 120 Å². The Morgan fingerprint density at radius 1 is 0.730 bits per heavy atom. The maximum absolute atomic E-state index is 13.4. The molecule has 4 aromatic carbocycles. The molecule has 1 heterocycles. The van der Waals surface area contributed by atoms with Crippen LogP contribution in [0.25, 0.3) is 22.2 Å². The van der Waals surface area contributed by atoms with Crippen LogP contribution in [0, 0.1) is 6.92 Å². The van der Waals surface area contributed by atoms with Crippen molar-refractivity contribution in [1.82, 2.24) is 4.98 Å². The van der Waals surface area contributed by atoms with Crippen LogP contribution in [0.5, 0.6) is 5.75 Å². The number of benzene rings is 4. The summed E-state index contributed by atoms with van der Waals surface area (Å²) in [5, 5.41) is 6.62. The molecule has 0 aliphatic rings. The first-order valence-corrected chi connectivity index (χ1v) is 11.8. The fourth-order valence-corrected chi connectivity index (χ4v) is 4.07. The number of pyridine rings is 1. The lowest BCUT2D eigenvalue weighted by Gasteiger charge is -2.12. The second kappa shape index (κ2) is 10.3. The average molecular weight is 488 g/mol. The number of carbonyl (C=O) groups excluding carboxylic acids is 2. The molecule has 37 heavy (non-hydrogen) atoms. The molecule has 2 N–H and O–H groups in total. The number of ether oxygens (including phenoxy) is 1. The van der Waals surface area contributed by atoms with E-state index in [2.05, 4.69) is 10.6 Å². The van der Waals surface area contributed by atoms with E-state index in [1.54, 1.807) is 43.5 Å². The van der Waals surface area contributed by atoms with Crippen molar-refractivity contribution in [2.75, 3.05) is 17.7 Å². The highest BCUT2D eigenvalue weighted by Gasteiger charge is 2.15. The van der Waals surface area contributed by atoms with Gasteiger partial charge in [0.2, 0.25) is 0 Å². The fraction of sp³-hybridized carbons (Fsp3) is 0.0645. The summed E-state index contributed by atoms with van der Waals surface area (Å²) in [6, 6.07) is 31.3. The van der Waals surface area contributed by atoms with Crippen LogP contribution in [0.2, 0.25) is 0 Å². The number of nitrogens with zero attached hydrogens (tertiary/aromatic N) is 1. The van der Waals surface area contributed by atoms with Gasteiger partial charge >= 0.3 is 0 Å². The first kappa shape index (κ1) is 23.8. The molecule has 6 heteroatoms. The zero-order valence-corrected chi connectivity index (χ0v) is 20.5. The molecule has 0 unspecified atom stereocenters. The van der Waals surface area contributed by atoms with Gasteiger partial charge in [0, 0.05) is 27.9 Å². The van der Waals surface area contributed by atoms with Crippen LogP contribution < -0.4 is 15.4 Å². The summed E-state index contributed by atoms with van der Waals surface area (Å²) >= 11 is 0. The minimum atomic E-state index is -0.242. The van der Waals surface area contributed by atoms with Crippen LogP contribution in [0.1, 0.15) is 26.3 Å². The van der Waals surface area contributed by atoms with Crippen molar-refractivity contribution >= 4 is 34.1 Å². The van der Waals surface area contributed by atoms with Crippen molar-refractivity contribution in [2.24, 2.45) is 0 Å². The third kappa shape index (κ3) is 5.33. The van der Waals surface area contributed by atoms with Gasteiger partial charge in [-0.05, 0) is 85.8 Å². The topological polar surface area (TPSA) is 80.3 Å². The molecule has 182 valence electrons. The number of hydrogen-bond acceptors (Lipinski definition) is 4. The zero-order valence-electron chi connectivity index (χ0n) is 20.5. The lowest BCUT2D eigenvalue weighted by Crippen LogP contribution is -2.14. The number of fused-ring (bicyclic) bond motifs is 1. The van der Waals surface area contributed by atoms with E-state index in [1.807, 2.05) is 73.7 Å². The number of aryl methyl sites for hydroxylation is 1. The lowest BCUT2D eigenvalue weighted by molar-refractivity contribution is 0.101. The van der Waals surface area contributed by atoms with Gasteiger partial charge in [0.25, 0.3) is 11.8 Å². The van der Waals surface area contributed by atoms with Crippen molar-refractivity contribution < 1.29 is 14.3 Å². The van der Waals surface area contributed by atoms with Crippen LogP contribution in [-0.4, -0.2) is 23.9 Å². The maximum Gasteiger partial charge on any atom is 0.256 e. The van der Waals surface area contributed by atoms with Crippen molar-refractivity contribution in [3.8, 4) is 17.0 Å². The van der Waals surface area contributed by atoms with Gasteiger partial charge in [-0.15, -0.1) is 0 Å². The Kier molecular flexibility index (Phi) is 6.64. The smallest absolute Gasteiger partial charge is 0.256 e. The number of carbonyl (C=O) groups is 2. The van der Waals surface area contributed by atoms with Gasteiger partial charge in [0.15, 0.2) is 0 Å². The summed E-state index contributed by atoms with van der Waals surface area (Å²) in [5.74, 6) is 0.317. The Balaban J connectivity index is 1.40. The molecule has 0 radical (unpaired) electrons. The van der Waals surface area contributed by atoms with Crippen LogP contribution in [0.3, 0.4) is 0 Å². The maximum atomic E-state index is 13.4. The van der Waals surface area contributed by atoms with Crippen molar-refractivity contribution in [1.29, 1.82) is 0 Å². The summed E-state index contributed by atoms with van der Waals surface area (Å²) in [7, 11) is 1.62. The molecule has 5 aromatic rings. The molecule has 0 aliphatic carbocycles. The summed E-state index contributed by atoms with van der Waals surface area (Å²) in [6.45, 7) is 1.99. The van der Waals surface area contributed by atoms with E-state index in [9.17, 15) is 9.59 Å². The molecule has 0 saturated carbocycles. The first-order valence-electron chi connectivity index (χ1n) is 11.8. The molecule has 6 nitrogen and oxygen atoms in total. The van der Waals surface area contributed by atoms with E-state index in [0.717, 1.165) is 27.8 Å². The molecule has 0 atom stereocenters. The molecular formula is C31H25N3O3. The molecule has 0 bridgehead atoms. The predicted molar refractivity (Wildman–Crippen MR) is 147 cm³/mol. The Morgan fingerprint density at radius 2 is 1.38 bits per heavy atom.